The molecule has 0 unspecified atom stereocenters. The minimum absolute atomic E-state index is 0.0396. The molecule has 5 rings (SSSR count). The van der Waals surface area contributed by atoms with Crippen LogP contribution >= 0.6 is 0 Å². The maximum atomic E-state index is 13.7. The van der Waals surface area contributed by atoms with E-state index in [-0.39, 0.29) is 30.2 Å². The molecule has 36 heavy (non-hydrogen) atoms. The number of nitrogens with zero attached hydrogens (tertiary/aromatic N) is 1. The topological polar surface area (TPSA) is 87.7 Å². The highest BCUT2D eigenvalue weighted by atomic mass is 16.5. The van der Waals surface area contributed by atoms with Crippen molar-refractivity contribution in [1.82, 2.24) is 5.32 Å². The van der Waals surface area contributed by atoms with E-state index in [1.54, 1.807) is 36.3 Å². The zero-order valence-corrected chi connectivity index (χ0v) is 20.1. The van der Waals surface area contributed by atoms with E-state index >= 15 is 0 Å². The fourth-order valence-electron chi connectivity index (χ4n) is 4.75. The van der Waals surface area contributed by atoms with Gasteiger partial charge in [0.05, 0.1) is 30.3 Å². The number of methoxy groups -OCH3 is 1. The van der Waals surface area contributed by atoms with E-state index in [2.05, 4.69) is 10.6 Å². The number of ether oxygens (including phenoxy) is 1. The SMILES string of the molecule is COc1ccc(N2C(=O)CC[C@H](C(=O)Nc3ccccc3C(=O)NC3CC3)[C@@H]2c2ccccc2)cc1. The van der Waals surface area contributed by atoms with Crippen LogP contribution in [0.25, 0.3) is 0 Å². The second-order valence-electron chi connectivity index (χ2n) is 9.25. The lowest BCUT2D eigenvalue weighted by atomic mass is 9.83. The van der Waals surface area contributed by atoms with Crippen LogP contribution in [0.4, 0.5) is 11.4 Å². The number of benzene rings is 3. The summed E-state index contributed by atoms with van der Waals surface area (Å²) in [6.45, 7) is 0. The Labute approximate surface area is 210 Å². The first-order valence-corrected chi connectivity index (χ1v) is 12.3. The lowest BCUT2D eigenvalue weighted by Crippen LogP contribution is -2.47. The van der Waals surface area contributed by atoms with Crippen LogP contribution < -0.4 is 20.3 Å². The molecular weight excluding hydrogens is 454 g/mol. The van der Waals surface area contributed by atoms with Gasteiger partial charge in [0.1, 0.15) is 5.75 Å². The molecule has 2 fully saturated rings. The molecule has 2 atom stereocenters. The highest BCUT2D eigenvalue weighted by Gasteiger charge is 2.41. The third kappa shape index (κ3) is 4.96. The van der Waals surface area contributed by atoms with Crippen molar-refractivity contribution in [3.05, 3.63) is 90.0 Å². The summed E-state index contributed by atoms with van der Waals surface area (Å²) >= 11 is 0. The molecule has 3 aromatic rings. The highest BCUT2D eigenvalue weighted by Crippen LogP contribution is 2.41. The molecule has 1 saturated carbocycles. The highest BCUT2D eigenvalue weighted by molar-refractivity contribution is 6.05. The first-order chi connectivity index (χ1) is 17.5. The number of rotatable bonds is 7. The Morgan fingerprint density at radius 2 is 1.58 bits per heavy atom. The number of anilines is 2. The number of carbonyl (C=O) groups excluding carboxylic acids is 3. The molecule has 7 nitrogen and oxygen atoms in total. The fourth-order valence-corrected chi connectivity index (χ4v) is 4.75. The summed E-state index contributed by atoms with van der Waals surface area (Å²) in [4.78, 5) is 41.4. The Morgan fingerprint density at radius 3 is 2.28 bits per heavy atom. The van der Waals surface area contributed by atoms with Crippen LogP contribution in [0.5, 0.6) is 5.75 Å². The van der Waals surface area contributed by atoms with Gasteiger partial charge in [-0.2, -0.15) is 0 Å². The molecule has 184 valence electrons. The number of para-hydroxylation sites is 1. The summed E-state index contributed by atoms with van der Waals surface area (Å²) in [5.41, 5.74) is 2.49. The van der Waals surface area contributed by atoms with Crippen molar-refractivity contribution in [3.8, 4) is 5.75 Å². The molecule has 1 aliphatic carbocycles. The van der Waals surface area contributed by atoms with Crippen molar-refractivity contribution in [2.24, 2.45) is 5.92 Å². The lowest BCUT2D eigenvalue weighted by Gasteiger charge is -2.41. The van der Waals surface area contributed by atoms with Gasteiger partial charge in [-0.3, -0.25) is 14.4 Å². The number of hydrogen-bond donors (Lipinski definition) is 2. The summed E-state index contributed by atoms with van der Waals surface area (Å²) in [6, 6.07) is 23.7. The fraction of sp³-hybridized carbons (Fsp3) is 0.276. The molecule has 2 N–H and O–H groups in total. The Balaban J connectivity index is 1.47. The first kappa shape index (κ1) is 23.6. The predicted molar refractivity (Wildman–Crippen MR) is 138 cm³/mol. The van der Waals surface area contributed by atoms with Crippen LogP contribution in [-0.4, -0.2) is 30.9 Å². The summed E-state index contributed by atoms with van der Waals surface area (Å²) in [6.07, 6.45) is 2.62. The molecule has 0 spiro atoms. The quantitative estimate of drug-likeness (QED) is 0.510. The molecule has 7 heteroatoms. The second-order valence-corrected chi connectivity index (χ2v) is 9.25. The number of amides is 3. The van der Waals surface area contributed by atoms with Gasteiger partial charge in [0, 0.05) is 18.2 Å². The van der Waals surface area contributed by atoms with Crippen molar-refractivity contribution in [2.45, 2.75) is 37.8 Å². The number of piperidine rings is 1. The van der Waals surface area contributed by atoms with Crippen LogP contribution in [0.15, 0.2) is 78.9 Å². The van der Waals surface area contributed by atoms with Crippen LogP contribution in [-0.2, 0) is 9.59 Å². The van der Waals surface area contributed by atoms with Crippen molar-refractivity contribution >= 4 is 29.1 Å². The minimum Gasteiger partial charge on any atom is -0.497 e. The Morgan fingerprint density at radius 1 is 0.889 bits per heavy atom. The molecule has 3 amide bonds. The van der Waals surface area contributed by atoms with Gasteiger partial charge in [0.2, 0.25) is 11.8 Å². The van der Waals surface area contributed by atoms with Gasteiger partial charge >= 0.3 is 0 Å². The number of hydrogen-bond acceptors (Lipinski definition) is 4. The molecule has 1 heterocycles. The largest absolute Gasteiger partial charge is 0.497 e. The standard InChI is InChI=1S/C29H29N3O4/c1-36-22-15-13-21(14-16-22)32-26(33)18-17-24(27(32)19-7-3-2-4-8-19)29(35)31-25-10-6-5-9-23(25)28(34)30-20-11-12-20/h2-10,13-16,20,24,27H,11-12,17-18H2,1H3,(H,30,34)(H,31,35)/t24-,27-/m0/s1. The maximum absolute atomic E-state index is 13.7. The van der Waals surface area contributed by atoms with E-state index < -0.39 is 12.0 Å². The molecule has 1 saturated heterocycles. The van der Waals surface area contributed by atoms with E-state index in [0.717, 1.165) is 18.4 Å². The van der Waals surface area contributed by atoms with Crippen molar-refractivity contribution in [2.75, 3.05) is 17.3 Å². The first-order valence-electron chi connectivity index (χ1n) is 12.3. The van der Waals surface area contributed by atoms with Crippen LogP contribution in [0.2, 0.25) is 0 Å². The number of nitrogens with one attached hydrogen (secondary N) is 2. The zero-order valence-electron chi connectivity index (χ0n) is 20.1. The molecular formula is C29H29N3O4. The Kier molecular flexibility index (Phi) is 6.71. The third-order valence-corrected chi connectivity index (χ3v) is 6.77. The lowest BCUT2D eigenvalue weighted by molar-refractivity contribution is -0.125. The summed E-state index contributed by atoms with van der Waals surface area (Å²) in [5, 5.41) is 5.99. The molecule has 0 radical (unpaired) electrons. The molecule has 1 aliphatic heterocycles. The zero-order chi connectivity index (χ0) is 25.1. The van der Waals surface area contributed by atoms with Crippen molar-refractivity contribution in [1.29, 1.82) is 0 Å². The normalized spacial score (nSPS) is 19.5. The monoisotopic (exact) mass is 483 g/mol. The van der Waals surface area contributed by atoms with Gasteiger partial charge in [-0.25, -0.2) is 0 Å². The van der Waals surface area contributed by atoms with E-state index in [9.17, 15) is 14.4 Å². The smallest absolute Gasteiger partial charge is 0.253 e. The van der Waals surface area contributed by atoms with Crippen molar-refractivity contribution in [3.63, 3.8) is 0 Å². The van der Waals surface area contributed by atoms with Gasteiger partial charge in [0.15, 0.2) is 0 Å². The van der Waals surface area contributed by atoms with Gasteiger partial charge < -0.3 is 20.3 Å². The Hall–Kier alpha value is -4.13. The summed E-state index contributed by atoms with van der Waals surface area (Å²) in [7, 11) is 1.59. The van der Waals surface area contributed by atoms with Gasteiger partial charge in [0.25, 0.3) is 5.91 Å². The summed E-state index contributed by atoms with van der Waals surface area (Å²) in [5.74, 6) is -0.267. The van der Waals surface area contributed by atoms with Crippen LogP contribution in [0.1, 0.15) is 47.6 Å². The van der Waals surface area contributed by atoms with Gasteiger partial charge in [-0.05, 0) is 61.2 Å². The Bertz CT molecular complexity index is 1260. The average molecular weight is 484 g/mol. The molecule has 0 aromatic heterocycles. The maximum Gasteiger partial charge on any atom is 0.253 e. The van der Waals surface area contributed by atoms with Crippen molar-refractivity contribution < 1.29 is 19.1 Å². The van der Waals surface area contributed by atoms with E-state index in [4.69, 9.17) is 4.74 Å². The number of carbonyl (C=O) groups is 3. The van der Waals surface area contributed by atoms with E-state index in [0.29, 0.717) is 29.1 Å². The second kappa shape index (κ2) is 10.2. The average Bonchev–Trinajstić information content (AvgIpc) is 3.73. The third-order valence-electron chi connectivity index (χ3n) is 6.77. The molecule has 3 aromatic carbocycles. The van der Waals surface area contributed by atoms with E-state index in [1.807, 2.05) is 54.6 Å². The van der Waals surface area contributed by atoms with Gasteiger partial charge in [-0.1, -0.05) is 42.5 Å². The van der Waals surface area contributed by atoms with Crippen LogP contribution in [0, 0.1) is 5.92 Å². The molecule has 2 aliphatic rings. The van der Waals surface area contributed by atoms with E-state index in [1.165, 1.54) is 0 Å². The van der Waals surface area contributed by atoms with Gasteiger partial charge in [-0.15, -0.1) is 0 Å². The summed E-state index contributed by atoms with van der Waals surface area (Å²) < 4.78 is 5.28. The minimum atomic E-state index is -0.508. The van der Waals surface area contributed by atoms with Crippen LogP contribution in [0.3, 0.4) is 0 Å². The predicted octanol–water partition coefficient (Wildman–Crippen LogP) is 4.71. The molecule has 0 bridgehead atoms.